The Balaban J connectivity index is 2.22. The fraction of sp³-hybridized carbons (Fsp3) is 0.278. The first-order valence-electron chi connectivity index (χ1n) is 7.38. The van der Waals surface area contributed by atoms with E-state index in [0.717, 1.165) is 11.3 Å². The van der Waals surface area contributed by atoms with E-state index < -0.39 is 0 Å². The summed E-state index contributed by atoms with van der Waals surface area (Å²) in [6, 6.07) is 12.6. The second-order valence-corrected chi connectivity index (χ2v) is 4.81. The van der Waals surface area contributed by atoms with Crippen molar-refractivity contribution in [1.29, 1.82) is 0 Å². The number of nitrogens with one attached hydrogen (secondary N) is 1. The predicted molar refractivity (Wildman–Crippen MR) is 89.3 cm³/mol. The summed E-state index contributed by atoms with van der Waals surface area (Å²) >= 11 is 0. The van der Waals surface area contributed by atoms with Crippen LogP contribution in [0.3, 0.4) is 0 Å². The molecule has 0 spiro atoms. The predicted octanol–water partition coefficient (Wildman–Crippen LogP) is 3.49. The Labute approximate surface area is 136 Å². The summed E-state index contributed by atoms with van der Waals surface area (Å²) in [5.74, 6) is 0.854. The first-order valence-corrected chi connectivity index (χ1v) is 7.38. The highest BCUT2D eigenvalue weighted by atomic mass is 16.5. The second-order valence-electron chi connectivity index (χ2n) is 4.81. The molecule has 0 bridgehead atoms. The third kappa shape index (κ3) is 4.23. The number of amides is 1. The summed E-state index contributed by atoms with van der Waals surface area (Å²) < 4.78 is 15.9. The first-order chi connectivity index (χ1) is 11.2. The molecule has 0 aromatic heterocycles. The van der Waals surface area contributed by atoms with E-state index in [0.29, 0.717) is 30.3 Å². The summed E-state index contributed by atoms with van der Waals surface area (Å²) in [6.45, 7) is 3.00. The number of ether oxygens (including phenoxy) is 3. The van der Waals surface area contributed by atoms with Crippen LogP contribution in [0.1, 0.15) is 22.8 Å². The van der Waals surface area contributed by atoms with E-state index in [9.17, 15) is 4.79 Å². The van der Waals surface area contributed by atoms with Gasteiger partial charge >= 0.3 is 0 Å². The van der Waals surface area contributed by atoms with Gasteiger partial charge in [-0.15, -0.1) is 0 Å². The van der Waals surface area contributed by atoms with Gasteiger partial charge in [-0.05, 0) is 25.1 Å². The number of carbonyl (C=O) groups excluding carboxylic acids is 1. The third-order valence-corrected chi connectivity index (χ3v) is 3.38. The minimum atomic E-state index is -0.242. The highest BCUT2D eigenvalue weighted by molar-refractivity contribution is 6.06. The lowest BCUT2D eigenvalue weighted by Crippen LogP contribution is -2.14. The molecule has 1 amide bonds. The lowest BCUT2D eigenvalue weighted by Gasteiger charge is -2.13. The largest absolute Gasteiger partial charge is 0.497 e. The number of para-hydroxylation sites is 1. The fourth-order valence-corrected chi connectivity index (χ4v) is 2.16. The molecule has 1 N–H and O–H groups in total. The van der Waals surface area contributed by atoms with Gasteiger partial charge < -0.3 is 19.5 Å². The zero-order valence-electron chi connectivity index (χ0n) is 13.6. The molecule has 2 aromatic carbocycles. The van der Waals surface area contributed by atoms with Crippen LogP contribution in [0.25, 0.3) is 0 Å². The molecule has 5 heteroatoms. The van der Waals surface area contributed by atoms with Gasteiger partial charge in [0, 0.05) is 23.9 Å². The lowest BCUT2D eigenvalue weighted by atomic mass is 10.1. The standard InChI is InChI=1S/C18H21NO4/c1-4-23-12-13-7-5-6-8-16(13)19-18(20)15-10-9-14(21-2)11-17(15)22-3/h5-11H,4,12H2,1-3H3,(H,19,20). The van der Waals surface area contributed by atoms with E-state index in [1.165, 1.54) is 7.11 Å². The van der Waals surface area contributed by atoms with Crippen LogP contribution in [0.15, 0.2) is 42.5 Å². The molecule has 0 atom stereocenters. The van der Waals surface area contributed by atoms with Crippen LogP contribution in [0, 0.1) is 0 Å². The maximum atomic E-state index is 12.5. The lowest BCUT2D eigenvalue weighted by molar-refractivity contribution is 0.102. The van der Waals surface area contributed by atoms with Gasteiger partial charge in [0.25, 0.3) is 5.91 Å². The van der Waals surface area contributed by atoms with Crippen LogP contribution in [0.4, 0.5) is 5.69 Å². The summed E-state index contributed by atoms with van der Waals surface area (Å²) in [6.07, 6.45) is 0. The van der Waals surface area contributed by atoms with Crippen LogP contribution < -0.4 is 14.8 Å². The normalized spacial score (nSPS) is 10.2. The monoisotopic (exact) mass is 315 g/mol. The molecule has 0 heterocycles. The fourth-order valence-electron chi connectivity index (χ4n) is 2.16. The van der Waals surface area contributed by atoms with Crippen LogP contribution in [0.5, 0.6) is 11.5 Å². The molecule has 2 rings (SSSR count). The first kappa shape index (κ1) is 16.8. The van der Waals surface area contributed by atoms with E-state index in [4.69, 9.17) is 14.2 Å². The summed E-state index contributed by atoms with van der Waals surface area (Å²) in [5, 5.41) is 2.91. The van der Waals surface area contributed by atoms with Gasteiger partial charge in [-0.1, -0.05) is 18.2 Å². The molecule has 0 aliphatic carbocycles. The van der Waals surface area contributed by atoms with Crippen molar-refractivity contribution >= 4 is 11.6 Å². The van der Waals surface area contributed by atoms with Gasteiger partial charge in [-0.25, -0.2) is 0 Å². The van der Waals surface area contributed by atoms with Crippen LogP contribution in [-0.2, 0) is 11.3 Å². The van der Waals surface area contributed by atoms with Crippen molar-refractivity contribution in [3.8, 4) is 11.5 Å². The number of carbonyl (C=O) groups is 1. The van der Waals surface area contributed by atoms with Gasteiger partial charge in [0.1, 0.15) is 11.5 Å². The number of hydrogen-bond acceptors (Lipinski definition) is 4. The van der Waals surface area contributed by atoms with Crippen molar-refractivity contribution in [2.45, 2.75) is 13.5 Å². The Kier molecular flexibility index (Phi) is 6.00. The molecular formula is C18H21NO4. The number of anilines is 1. The summed E-state index contributed by atoms with van der Waals surface area (Å²) in [4.78, 5) is 12.5. The van der Waals surface area contributed by atoms with Crippen LogP contribution in [-0.4, -0.2) is 26.7 Å². The van der Waals surface area contributed by atoms with Crippen molar-refractivity contribution in [1.82, 2.24) is 0 Å². The average Bonchev–Trinajstić information content (AvgIpc) is 2.60. The highest BCUT2D eigenvalue weighted by Crippen LogP contribution is 2.26. The summed E-state index contributed by atoms with van der Waals surface area (Å²) in [5.41, 5.74) is 2.10. The molecule has 0 fully saturated rings. The van der Waals surface area contributed by atoms with Gasteiger partial charge in [0.05, 0.1) is 26.4 Å². The van der Waals surface area contributed by atoms with Gasteiger partial charge in [-0.2, -0.15) is 0 Å². The SMILES string of the molecule is CCOCc1ccccc1NC(=O)c1ccc(OC)cc1OC. The highest BCUT2D eigenvalue weighted by Gasteiger charge is 2.14. The van der Waals surface area contributed by atoms with E-state index >= 15 is 0 Å². The summed E-state index contributed by atoms with van der Waals surface area (Å²) in [7, 11) is 3.09. The quantitative estimate of drug-likeness (QED) is 0.849. The van der Waals surface area contributed by atoms with Crippen molar-refractivity contribution < 1.29 is 19.0 Å². The topological polar surface area (TPSA) is 56.8 Å². The zero-order chi connectivity index (χ0) is 16.7. The molecule has 0 unspecified atom stereocenters. The van der Waals surface area contributed by atoms with E-state index in [1.807, 2.05) is 31.2 Å². The number of rotatable bonds is 7. The Morgan fingerprint density at radius 1 is 1.09 bits per heavy atom. The second kappa shape index (κ2) is 8.19. The average molecular weight is 315 g/mol. The van der Waals surface area contributed by atoms with Crippen LogP contribution >= 0.6 is 0 Å². The van der Waals surface area contributed by atoms with Crippen molar-refractivity contribution in [3.05, 3.63) is 53.6 Å². The van der Waals surface area contributed by atoms with Crippen molar-refractivity contribution in [2.75, 3.05) is 26.1 Å². The molecule has 5 nitrogen and oxygen atoms in total. The van der Waals surface area contributed by atoms with Crippen molar-refractivity contribution in [2.24, 2.45) is 0 Å². The molecule has 2 aromatic rings. The molecular weight excluding hydrogens is 294 g/mol. The molecule has 122 valence electrons. The number of methoxy groups -OCH3 is 2. The van der Waals surface area contributed by atoms with E-state index in [1.54, 1.807) is 25.3 Å². The maximum Gasteiger partial charge on any atom is 0.259 e. The Morgan fingerprint density at radius 3 is 2.57 bits per heavy atom. The van der Waals surface area contributed by atoms with Gasteiger partial charge in [0.15, 0.2) is 0 Å². The van der Waals surface area contributed by atoms with E-state index in [-0.39, 0.29) is 5.91 Å². The Hall–Kier alpha value is -2.53. The third-order valence-electron chi connectivity index (χ3n) is 3.38. The number of hydrogen-bond donors (Lipinski definition) is 1. The van der Waals surface area contributed by atoms with Crippen molar-refractivity contribution in [3.63, 3.8) is 0 Å². The Morgan fingerprint density at radius 2 is 1.87 bits per heavy atom. The van der Waals surface area contributed by atoms with E-state index in [2.05, 4.69) is 5.32 Å². The van der Waals surface area contributed by atoms with Crippen LogP contribution in [0.2, 0.25) is 0 Å². The molecule has 0 aliphatic heterocycles. The molecule has 0 radical (unpaired) electrons. The van der Waals surface area contributed by atoms with Gasteiger partial charge in [-0.3, -0.25) is 4.79 Å². The molecule has 0 saturated heterocycles. The molecule has 0 saturated carbocycles. The minimum Gasteiger partial charge on any atom is -0.497 e. The smallest absolute Gasteiger partial charge is 0.259 e. The molecule has 23 heavy (non-hydrogen) atoms. The maximum absolute atomic E-state index is 12.5. The zero-order valence-corrected chi connectivity index (χ0v) is 13.6. The minimum absolute atomic E-state index is 0.242. The van der Waals surface area contributed by atoms with Gasteiger partial charge in [0.2, 0.25) is 0 Å². The number of benzene rings is 2. The Bertz CT molecular complexity index is 670. The molecule has 0 aliphatic rings.